The Morgan fingerprint density at radius 1 is 0.929 bits per heavy atom. The maximum atomic E-state index is 5.77. The van der Waals surface area contributed by atoms with E-state index in [0.717, 1.165) is 22.6 Å². The Hall–Kier alpha value is -0.600. The van der Waals surface area contributed by atoms with Crippen molar-refractivity contribution in [3.8, 4) is 11.5 Å². The first-order valence-electron chi connectivity index (χ1n) is 4.12. The van der Waals surface area contributed by atoms with Crippen LogP contribution in [0, 0.1) is 0 Å². The molecule has 0 saturated heterocycles. The molecule has 2 nitrogen and oxygen atoms in total. The minimum Gasteiger partial charge on any atom is -0.496 e. The van der Waals surface area contributed by atoms with Crippen LogP contribution in [-0.4, -0.2) is 14.2 Å². The van der Waals surface area contributed by atoms with Crippen LogP contribution in [-0.2, 0) is 11.8 Å². The van der Waals surface area contributed by atoms with Gasteiger partial charge in [-0.3, -0.25) is 0 Å². The van der Waals surface area contributed by atoms with Gasteiger partial charge in [0.2, 0.25) is 0 Å². The second kappa shape index (κ2) is 5.32. The minimum atomic E-state index is 0.391. The molecule has 1 aromatic rings. The molecular weight excluding hydrogens is 223 g/mol. The van der Waals surface area contributed by atoms with Crippen molar-refractivity contribution in [2.24, 2.45) is 0 Å². The van der Waals surface area contributed by atoms with Crippen molar-refractivity contribution in [3.63, 3.8) is 0 Å². The summed E-state index contributed by atoms with van der Waals surface area (Å²) in [4.78, 5) is 0. The van der Waals surface area contributed by atoms with Gasteiger partial charge in [0.15, 0.2) is 0 Å². The van der Waals surface area contributed by atoms with Gasteiger partial charge in [0.05, 0.1) is 26.0 Å². The van der Waals surface area contributed by atoms with E-state index >= 15 is 0 Å². The minimum absolute atomic E-state index is 0.391. The van der Waals surface area contributed by atoms with Crippen LogP contribution in [0.15, 0.2) is 12.1 Å². The van der Waals surface area contributed by atoms with Gasteiger partial charge in [-0.1, -0.05) is 0 Å². The van der Waals surface area contributed by atoms with Crippen LogP contribution in [0.5, 0.6) is 11.5 Å². The Morgan fingerprint density at radius 3 is 1.50 bits per heavy atom. The first-order valence-corrected chi connectivity index (χ1v) is 5.19. The first-order chi connectivity index (χ1) is 6.76. The summed E-state index contributed by atoms with van der Waals surface area (Å²) >= 11 is 11.5. The molecule has 0 spiro atoms. The lowest BCUT2D eigenvalue weighted by atomic mass is 10.1. The van der Waals surface area contributed by atoms with Crippen LogP contribution < -0.4 is 9.47 Å². The summed E-state index contributed by atoms with van der Waals surface area (Å²) in [6.07, 6.45) is 0. The SMILES string of the molecule is COc1cc(CCl)c(OC)cc1CCl. The summed E-state index contributed by atoms with van der Waals surface area (Å²) in [7, 11) is 3.21. The molecular formula is C10H12Cl2O2. The number of hydrogen-bond acceptors (Lipinski definition) is 2. The predicted octanol–water partition coefficient (Wildman–Crippen LogP) is 3.18. The van der Waals surface area contributed by atoms with Crippen LogP contribution >= 0.6 is 23.2 Å². The van der Waals surface area contributed by atoms with Crippen LogP contribution in [0.2, 0.25) is 0 Å². The Balaban J connectivity index is 3.20. The van der Waals surface area contributed by atoms with Gasteiger partial charge >= 0.3 is 0 Å². The largest absolute Gasteiger partial charge is 0.496 e. The standard InChI is InChI=1S/C10H12Cl2O2/c1-13-9-3-8(6-12)10(14-2)4-7(9)5-11/h3-4H,5-6H2,1-2H3. The van der Waals surface area contributed by atoms with Crippen LogP contribution in [0.1, 0.15) is 11.1 Å². The highest BCUT2D eigenvalue weighted by atomic mass is 35.5. The molecule has 0 aliphatic rings. The lowest BCUT2D eigenvalue weighted by molar-refractivity contribution is 0.397. The molecule has 78 valence electrons. The van der Waals surface area contributed by atoms with E-state index in [-0.39, 0.29) is 0 Å². The van der Waals surface area contributed by atoms with Crippen LogP contribution in [0.3, 0.4) is 0 Å². The highest BCUT2D eigenvalue weighted by Gasteiger charge is 2.09. The molecule has 0 aliphatic carbocycles. The van der Waals surface area contributed by atoms with Gasteiger partial charge in [-0.15, -0.1) is 23.2 Å². The summed E-state index contributed by atoms with van der Waals surface area (Å²) in [5.41, 5.74) is 1.81. The second-order valence-corrected chi connectivity index (χ2v) is 3.28. The van der Waals surface area contributed by atoms with Crippen molar-refractivity contribution >= 4 is 23.2 Å². The molecule has 0 radical (unpaired) electrons. The van der Waals surface area contributed by atoms with Gasteiger partial charge in [0, 0.05) is 11.1 Å². The van der Waals surface area contributed by atoms with Crippen molar-refractivity contribution in [1.82, 2.24) is 0 Å². The van der Waals surface area contributed by atoms with Gasteiger partial charge in [0.1, 0.15) is 11.5 Å². The molecule has 0 unspecified atom stereocenters. The monoisotopic (exact) mass is 234 g/mol. The number of halogens is 2. The molecule has 0 fully saturated rings. The Kier molecular flexibility index (Phi) is 4.36. The molecule has 0 N–H and O–H groups in total. The number of benzene rings is 1. The van der Waals surface area contributed by atoms with E-state index < -0.39 is 0 Å². The van der Waals surface area contributed by atoms with Crippen LogP contribution in [0.4, 0.5) is 0 Å². The van der Waals surface area contributed by atoms with Gasteiger partial charge in [-0.2, -0.15) is 0 Å². The molecule has 0 saturated carbocycles. The zero-order valence-corrected chi connectivity index (χ0v) is 9.65. The maximum absolute atomic E-state index is 5.77. The predicted molar refractivity (Wildman–Crippen MR) is 58.7 cm³/mol. The molecule has 14 heavy (non-hydrogen) atoms. The fraction of sp³-hybridized carbons (Fsp3) is 0.400. The fourth-order valence-corrected chi connectivity index (χ4v) is 1.65. The van der Waals surface area contributed by atoms with E-state index in [9.17, 15) is 0 Å². The summed E-state index contributed by atoms with van der Waals surface area (Å²) in [6, 6.07) is 3.70. The Bertz CT molecular complexity index is 255. The summed E-state index contributed by atoms with van der Waals surface area (Å²) < 4.78 is 10.4. The van der Waals surface area contributed by atoms with E-state index in [2.05, 4.69) is 0 Å². The quantitative estimate of drug-likeness (QED) is 0.746. The third kappa shape index (κ3) is 2.25. The molecule has 0 atom stereocenters. The molecule has 0 aliphatic heterocycles. The molecule has 1 rings (SSSR count). The molecule has 0 heterocycles. The summed E-state index contributed by atoms with van der Waals surface area (Å²) in [6.45, 7) is 0. The molecule has 0 amide bonds. The normalized spacial score (nSPS) is 10.0. The number of alkyl halides is 2. The molecule has 0 aromatic heterocycles. The number of methoxy groups -OCH3 is 2. The van der Waals surface area contributed by atoms with Crippen molar-refractivity contribution in [1.29, 1.82) is 0 Å². The van der Waals surface area contributed by atoms with Crippen molar-refractivity contribution < 1.29 is 9.47 Å². The topological polar surface area (TPSA) is 18.5 Å². The lowest BCUT2D eigenvalue weighted by Crippen LogP contribution is -1.95. The number of rotatable bonds is 4. The molecule has 4 heteroatoms. The smallest absolute Gasteiger partial charge is 0.123 e. The Labute approximate surface area is 93.7 Å². The summed E-state index contributed by atoms with van der Waals surface area (Å²) in [5.74, 6) is 2.28. The van der Waals surface area contributed by atoms with Crippen molar-refractivity contribution in [2.45, 2.75) is 11.8 Å². The molecule has 1 aromatic carbocycles. The zero-order chi connectivity index (χ0) is 10.6. The lowest BCUT2D eigenvalue weighted by Gasteiger charge is -2.11. The van der Waals surface area contributed by atoms with Gasteiger partial charge in [0.25, 0.3) is 0 Å². The van der Waals surface area contributed by atoms with Crippen LogP contribution in [0.25, 0.3) is 0 Å². The second-order valence-electron chi connectivity index (χ2n) is 2.74. The van der Waals surface area contributed by atoms with E-state index in [0.29, 0.717) is 11.8 Å². The van der Waals surface area contributed by atoms with E-state index in [1.165, 1.54) is 0 Å². The third-order valence-electron chi connectivity index (χ3n) is 1.97. The Morgan fingerprint density at radius 2 is 1.29 bits per heavy atom. The van der Waals surface area contributed by atoms with Gasteiger partial charge in [-0.05, 0) is 12.1 Å². The fourth-order valence-electron chi connectivity index (χ4n) is 1.23. The van der Waals surface area contributed by atoms with E-state index in [1.807, 2.05) is 12.1 Å². The average Bonchev–Trinajstić information content (AvgIpc) is 2.26. The van der Waals surface area contributed by atoms with Crippen molar-refractivity contribution in [3.05, 3.63) is 23.3 Å². The number of hydrogen-bond donors (Lipinski definition) is 0. The van der Waals surface area contributed by atoms with E-state index in [4.69, 9.17) is 32.7 Å². The first kappa shape index (κ1) is 11.5. The highest BCUT2D eigenvalue weighted by Crippen LogP contribution is 2.30. The average molecular weight is 235 g/mol. The van der Waals surface area contributed by atoms with E-state index in [1.54, 1.807) is 14.2 Å². The zero-order valence-electron chi connectivity index (χ0n) is 8.14. The highest BCUT2D eigenvalue weighted by molar-refractivity contribution is 6.17. The maximum Gasteiger partial charge on any atom is 0.123 e. The van der Waals surface area contributed by atoms with Gasteiger partial charge in [-0.25, -0.2) is 0 Å². The number of ether oxygens (including phenoxy) is 2. The van der Waals surface area contributed by atoms with Crippen molar-refractivity contribution in [2.75, 3.05) is 14.2 Å². The van der Waals surface area contributed by atoms with Gasteiger partial charge < -0.3 is 9.47 Å². The third-order valence-corrected chi connectivity index (χ3v) is 2.55. The molecule has 0 bridgehead atoms. The summed E-state index contributed by atoms with van der Waals surface area (Å²) in [5, 5.41) is 0.